The fourth-order valence-electron chi connectivity index (χ4n) is 1.60. The van der Waals surface area contributed by atoms with Crippen molar-refractivity contribution in [3.63, 3.8) is 0 Å². The number of nitrogens with zero attached hydrogens (tertiary/aromatic N) is 1. The molecule has 1 atom stereocenters. The van der Waals surface area contributed by atoms with Crippen LogP contribution < -0.4 is 10.3 Å². The van der Waals surface area contributed by atoms with E-state index < -0.39 is 16.1 Å². The minimum absolute atomic E-state index is 0.0243. The van der Waals surface area contributed by atoms with E-state index in [1.165, 1.54) is 29.7 Å². The van der Waals surface area contributed by atoms with Gasteiger partial charge in [0, 0.05) is 23.3 Å². The molecule has 108 valence electrons. The second-order valence-corrected chi connectivity index (χ2v) is 7.11. The van der Waals surface area contributed by atoms with Gasteiger partial charge in [-0.2, -0.15) is 0 Å². The number of aromatic nitrogens is 2. The van der Waals surface area contributed by atoms with Gasteiger partial charge in [0.2, 0.25) is 15.6 Å². The van der Waals surface area contributed by atoms with Gasteiger partial charge >= 0.3 is 0 Å². The second kappa shape index (κ2) is 5.86. The molecule has 0 fully saturated rings. The highest BCUT2D eigenvalue weighted by molar-refractivity contribution is 7.89. The Morgan fingerprint density at radius 1 is 1.45 bits per heavy atom. The Balaban J connectivity index is 2.19. The molecule has 2 N–H and O–H groups in total. The topological polar surface area (TPSA) is 91.9 Å². The highest BCUT2D eigenvalue weighted by atomic mass is 32.2. The average molecular weight is 313 g/mol. The number of hydrogen-bond acceptors (Lipinski definition) is 5. The van der Waals surface area contributed by atoms with Gasteiger partial charge in [-0.3, -0.25) is 4.79 Å². The Kier molecular flexibility index (Phi) is 4.36. The number of pyridine rings is 1. The molecule has 2 heterocycles. The van der Waals surface area contributed by atoms with Gasteiger partial charge in [0.15, 0.2) is 0 Å². The third kappa shape index (κ3) is 3.33. The molecule has 0 saturated heterocycles. The van der Waals surface area contributed by atoms with Gasteiger partial charge in [-0.15, -0.1) is 11.3 Å². The first kappa shape index (κ1) is 14.9. The lowest BCUT2D eigenvalue weighted by Gasteiger charge is -2.11. The van der Waals surface area contributed by atoms with Crippen LogP contribution in [0.5, 0.6) is 0 Å². The molecule has 0 amide bonds. The maximum Gasteiger partial charge on any atom is 0.247 e. The van der Waals surface area contributed by atoms with Crippen LogP contribution in [-0.2, 0) is 16.4 Å². The highest BCUT2D eigenvalue weighted by Gasteiger charge is 2.20. The average Bonchev–Trinajstić information content (AvgIpc) is 2.87. The molecule has 0 aliphatic rings. The number of H-pyrrole nitrogens is 1. The number of aromatic amines is 1. The minimum atomic E-state index is -3.68. The summed E-state index contributed by atoms with van der Waals surface area (Å²) in [5.74, 6) is 0. The number of thiazole rings is 1. The first-order valence-electron chi connectivity index (χ1n) is 6.08. The number of hydrogen-bond donors (Lipinski definition) is 2. The molecule has 8 heteroatoms. The molecule has 1 unspecified atom stereocenters. The second-order valence-electron chi connectivity index (χ2n) is 4.25. The summed E-state index contributed by atoms with van der Waals surface area (Å²) in [6.07, 6.45) is 3.80. The van der Waals surface area contributed by atoms with Crippen LogP contribution in [0, 0.1) is 0 Å². The van der Waals surface area contributed by atoms with E-state index in [4.69, 9.17) is 0 Å². The predicted molar refractivity (Wildman–Crippen MR) is 77.3 cm³/mol. The molecule has 6 nitrogen and oxygen atoms in total. The van der Waals surface area contributed by atoms with Crippen molar-refractivity contribution in [1.82, 2.24) is 14.7 Å². The summed E-state index contributed by atoms with van der Waals surface area (Å²) in [7, 11) is -3.68. The maximum atomic E-state index is 12.1. The first-order chi connectivity index (χ1) is 9.42. The zero-order chi connectivity index (χ0) is 14.8. The Hall–Kier alpha value is -1.51. The van der Waals surface area contributed by atoms with E-state index in [0.29, 0.717) is 0 Å². The van der Waals surface area contributed by atoms with Crippen LogP contribution in [0.4, 0.5) is 0 Å². The van der Waals surface area contributed by atoms with Crippen molar-refractivity contribution in [1.29, 1.82) is 0 Å². The van der Waals surface area contributed by atoms with Crippen molar-refractivity contribution in [2.45, 2.75) is 31.2 Å². The van der Waals surface area contributed by atoms with E-state index in [1.54, 1.807) is 13.1 Å². The largest absolute Gasteiger partial charge is 0.328 e. The molecule has 0 aliphatic heterocycles. The van der Waals surface area contributed by atoms with Gasteiger partial charge in [-0.1, -0.05) is 6.92 Å². The van der Waals surface area contributed by atoms with Gasteiger partial charge in [-0.25, -0.2) is 18.1 Å². The molecule has 2 aromatic heterocycles. The standard InChI is InChI=1S/C12H15N3O3S2/c1-3-9-6-14-12(19-9)8(2)15-20(17,18)10-4-5-11(16)13-7-10/h4-8,15H,3H2,1-2H3,(H,13,16). The van der Waals surface area contributed by atoms with Crippen molar-refractivity contribution < 1.29 is 8.42 Å². The first-order valence-corrected chi connectivity index (χ1v) is 8.38. The number of aryl methyl sites for hydroxylation is 1. The van der Waals surface area contributed by atoms with Gasteiger partial charge in [-0.05, 0) is 19.4 Å². The van der Waals surface area contributed by atoms with Crippen molar-refractivity contribution in [2.24, 2.45) is 0 Å². The number of rotatable bonds is 5. The number of nitrogens with one attached hydrogen (secondary N) is 2. The Bertz CT molecular complexity index is 729. The maximum absolute atomic E-state index is 12.1. The van der Waals surface area contributed by atoms with Crippen molar-refractivity contribution in [3.05, 3.63) is 44.8 Å². The van der Waals surface area contributed by atoms with Crippen LogP contribution in [0.15, 0.2) is 34.2 Å². The molecule has 0 spiro atoms. The molecule has 0 aliphatic carbocycles. The summed E-state index contributed by atoms with van der Waals surface area (Å²) < 4.78 is 26.8. The fraction of sp³-hybridized carbons (Fsp3) is 0.333. The van der Waals surface area contributed by atoms with Gasteiger partial charge < -0.3 is 4.98 Å². The van der Waals surface area contributed by atoms with Crippen LogP contribution >= 0.6 is 11.3 Å². The van der Waals surface area contributed by atoms with Crippen molar-refractivity contribution in [3.8, 4) is 0 Å². The van der Waals surface area contributed by atoms with E-state index in [9.17, 15) is 13.2 Å². The lowest BCUT2D eigenvalue weighted by atomic mass is 10.4. The zero-order valence-electron chi connectivity index (χ0n) is 11.1. The monoisotopic (exact) mass is 313 g/mol. The van der Waals surface area contributed by atoms with Gasteiger partial charge in [0.25, 0.3) is 0 Å². The predicted octanol–water partition coefficient (Wildman–Crippen LogP) is 1.43. The van der Waals surface area contributed by atoms with Crippen LogP contribution in [0.1, 0.15) is 29.8 Å². The molecule has 20 heavy (non-hydrogen) atoms. The van der Waals surface area contributed by atoms with Crippen LogP contribution in [0.3, 0.4) is 0 Å². The highest BCUT2D eigenvalue weighted by Crippen LogP contribution is 2.21. The van der Waals surface area contributed by atoms with Crippen LogP contribution in [0.2, 0.25) is 0 Å². The summed E-state index contributed by atoms with van der Waals surface area (Å²) in [4.78, 5) is 18.6. The Morgan fingerprint density at radius 2 is 2.20 bits per heavy atom. The Morgan fingerprint density at radius 3 is 2.75 bits per heavy atom. The number of sulfonamides is 1. The third-order valence-corrected chi connectivity index (χ3v) is 5.55. The van der Waals surface area contributed by atoms with E-state index in [1.807, 2.05) is 6.92 Å². The normalized spacial score (nSPS) is 13.3. The molecular weight excluding hydrogens is 298 g/mol. The molecule has 2 rings (SSSR count). The lowest BCUT2D eigenvalue weighted by molar-refractivity contribution is 0.566. The molecule has 0 bridgehead atoms. The van der Waals surface area contributed by atoms with Crippen LogP contribution in [-0.4, -0.2) is 18.4 Å². The summed E-state index contributed by atoms with van der Waals surface area (Å²) in [5, 5.41) is 0.717. The zero-order valence-corrected chi connectivity index (χ0v) is 12.7. The van der Waals surface area contributed by atoms with Crippen molar-refractivity contribution in [2.75, 3.05) is 0 Å². The van der Waals surface area contributed by atoms with E-state index >= 15 is 0 Å². The molecule has 0 radical (unpaired) electrons. The van der Waals surface area contributed by atoms with Crippen LogP contribution in [0.25, 0.3) is 0 Å². The quantitative estimate of drug-likeness (QED) is 0.873. The summed E-state index contributed by atoms with van der Waals surface area (Å²) in [6, 6.07) is 2.03. The van der Waals surface area contributed by atoms with E-state index in [2.05, 4.69) is 14.7 Å². The lowest BCUT2D eigenvalue weighted by Crippen LogP contribution is -2.27. The smallest absolute Gasteiger partial charge is 0.247 e. The third-order valence-electron chi connectivity index (χ3n) is 2.69. The summed E-state index contributed by atoms with van der Waals surface area (Å²) in [6.45, 7) is 3.76. The Labute approximate surface area is 121 Å². The van der Waals surface area contributed by atoms with Gasteiger partial charge in [0.05, 0.1) is 10.9 Å². The SMILES string of the molecule is CCc1cnc(C(C)NS(=O)(=O)c2ccc(=O)[nH]c2)s1. The molecular formula is C12H15N3O3S2. The summed E-state index contributed by atoms with van der Waals surface area (Å²) >= 11 is 1.48. The molecule has 0 aromatic carbocycles. The molecule has 0 saturated carbocycles. The van der Waals surface area contributed by atoms with E-state index in [-0.39, 0.29) is 10.5 Å². The van der Waals surface area contributed by atoms with E-state index in [0.717, 1.165) is 16.3 Å². The minimum Gasteiger partial charge on any atom is -0.328 e. The fourth-order valence-corrected chi connectivity index (χ4v) is 3.71. The van der Waals surface area contributed by atoms with Crippen molar-refractivity contribution >= 4 is 21.4 Å². The van der Waals surface area contributed by atoms with Gasteiger partial charge in [0.1, 0.15) is 5.01 Å². The summed E-state index contributed by atoms with van der Waals surface area (Å²) in [5.41, 5.74) is -0.343. The molecule has 2 aromatic rings.